The Morgan fingerprint density at radius 2 is 1.71 bits per heavy atom. The van der Waals surface area contributed by atoms with Crippen LogP contribution in [0.2, 0.25) is 0 Å². The molecule has 0 aromatic carbocycles. The molecular weight excluding hydrogens is 227 g/mol. The summed E-state index contributed by atoms with van der Waals surface area (Å²) in [5, 5.41) is 0. The van der Waals surface area contributed by atoms with Crippen LogP contribution in [0.4, 0.5) is 0 Å². The van der Waals surface area contributed by atoms with E-state index >= 15 is 0 Å². The summed E-state index contributed by atoms with van der Waals surface area (Å²) in [5.41, 5.74) is 0. The Balaban J connectivity index is 0. The van der Waals surface area contributed by atoms with Crippen LogP contribution < -0.4 is 0 Å². The van der Waals surface area contributed by atoms with Gasteiger partial charge in [-0.05, 0) is 0 Å². The Bertz CT molecular complexity index is 114. The van der Waals surface area contributed by atoms with Gasteiger partial charge in [-0.15, -0.1) is 0 Å². The van der Waals surface area contributed by atoms with Crippen LogP contribution in [0, 0.1) is 0 Å². The van der Waals surface area contributed by atoms with Crippen LogP contribution in [0.15, 0.2) is 0 Å². The SMILES string of the molecule is COS(=O)(=O)O.[SnH2]. The van der Waals surface area contributed by atoms with Crippen molar-refractivity contribution in [1.82, 2.24) is 0 Å². The minimum absolute atomic E-state index is 0. The van der Waals surface area contributed by atoms with Crippen molar-refractivity contribution in [2.24, 2.45) is 0 Å². The van der Waals surface area contributed by atoms with E-state index in [-0.39, 0.29) is 23.9 Å². The molecule has 0 fully saturated rings. The van der Waals surface area contributed by atoms with Gasteiger partial charge in [-0.25, -0.2) is 0 Å². The first-order valence-electron chi connectivity index (χ1n) is 1.09. The molecule has 0 aliphatic carbocycles. The topological polar surface area (TPSA) is 63.6 Å². The Hall–Kier alpha value is 0.669. The van der Waals surface area contributed by atoms with Crippen molar-refractivity contribution >= 4 is 34.3 Å². The summed E-state index contributed by atoms with van der Waals surface area (Å²) in [7, 11) is -3.29. The molecule has 2 radical (unpaired) electrons. The second-order valence-electron chi connectivity index (χ2n) is 0.594. The molecular formula is CH6O4SSn. The summed E-state index contributed by atoms with van der Waals surface area (Å²) in [5.74, 6) is 0. The monoisotopic (exact) mass is 234 g/mol. The Labute approximate surface area is 58.8 Å². The van der Waals surface area contributed by atoms with Gasteiger partial charge in [-0.2, -0.15) is 8.42 Å². The van der Waals surface area contributed by atoms with Crippen LogP contribution in [-0.2, 0) is 14.6 Å². The van der Waals surface area contributed by atoms with E-state index in [1.54, 1.807) is 0 Å². The molecule has 4 nitrogen and oxygen atoms in total. The van der Waals surface area contributed by atoms with E-state index in [1.807, 2.05) is 0 Å². The normalized spacial score (nSPS) is 10.0. The van der Waals surface area contributed by atoms with E-state index < -0.39 is 10.4 Å². The zero-order chi connectivity index (χ0) is 5.21. The van der Waals surface area contributed by atoms with Gasteiger partial charge in [0.2, 0.25) is 0 Å². The molecule has 0 saturated heterocycles. The molecule has 0 atom stereocenters. The van der Waals surface area contributed by atoms with Gasteiger partial charge in [0.05, 0.1) is 7.11 Å². The van der Waals surface area contributed by atoms with Gasteiger partial charge in [0.1, 0.15) is 0 Å². The second-order valence-corrected chi connectivity index (χ2v) is 1.78. The Kier molecular flexibility index (Phi) is 5.52. The fourth-order valence-corrected chi connectivity index (χ4v) is 0. The van der Waals surface area contributed by atoms with E-state index in [0.29, 0.717) is 0 Å². The number of rotatable bonds is 1. The molecule has 0 spiro atoms. The average molecular weight is 233 g/mol. The summed E-state index contributed by atoms with van der Waals surface area (Å²) in [4.78, 5) is 0. The summed E-state index contributed by atoms with van der Waals surface area (Å²) < 4.78 is 29.7. The van der Waals surface area contributed by atoms with Crippen molar-refractivity contribution in [3.8, 4) is 0 Å². The van der Waals surface area contributed by atoms with E-state index in [4.69, 9.17) is 4.55 Å². The molecule has 0 aliphatic rings. The summed E-state index contributed by atoms with van der Waals surface area (Å²) in [6, 6.07) is 0. The molecule has 0 heterocycles. The van der Waals surface area contributed by atoms with Crippen LogP contribution in [0.25, 0.3) is 0 Å². The maximum absolute atomic E-state index is 9.33. The Morgan fingerprint density at radius 1 is 1.57 bits per heavy atom. The molecule has 0 rings (SSSR count). The third kappa shape index (κ3) is 10.8. The first-order chi connectivity index (χ1) is 2.56. The maximum atomic E-state index is 9.33. The molecule has 1 N–H and O–H groups in total. The van der Waals surface area contributed by atoms with Crippen LogP contribution in [0.1, 0.15) is 0 Å². The van der Waals surface area contributed by atoms with Gasteiger partial charge in [-0.1, -0.05) is 0 Å². The van der Waals surface area contributed by atoms with Gasteiger partial charge in [0.25, 0.3) is 0 Å². The molecule has 0 aromatic rings. The first kappa shape index (κ1) is 10.6. The van der Waals surface area contributed by atoms with Gasteiger partial charge in [0, 0.05) is 0 Å². The number of hydrogen-bond acceptors (Lipinski definition) is 3. The van der Waals surface area contributed by atoms with Crippen LogP contribution in [-0.4, -0.2) is 44.0 Å². The predicted molar refractivity (Wildman–Crippen MR) is 27.1 cm³/mol. The molecule has 0 bridgehead atoms. The zero-order valence-electron chi connectivity index (χ0n) is 3.79. The quantitative estimate of drug-likeness (QED) is 0.443. The predicted octanol–water partition coefficient (Wildman–Crippen LogP) is -1.48. The standard InChI is InChI=1S/CH4O4S.Sn.2H/c1-5-6(2,3)4;;;/h1H3,(H,2,3,4);;;. The zero-order valence-corrected chi connectivity index (χ0v) is 8.64. The van der Waals surface area contributed by atoms with Gasteiger partial charge >= 0.3 is 34.3 Å². The minimum atomic E-state index is -4.16. The fourth-order valence-electron chi connectivity index (χ4n) is 0. The van der Waals surface area contributed by atoms with Crippen LogP contribution >= 0.6 is 0 Å². The van der Waals surface area contributed by atoms with Crippen molar-refractivity contribution in [1.29, 1.82) is 0 Å². The molecule has 0 amide bonds. The van der Waals surface area contributed by atoms with Crippen molar-refractivity contribution in [3.05, 3.63) is 0 Å². The van der Waals surface area contributed by atoms with Gasteiger partial charge in [0.15, 0.2) is 0 Å². The summed E-state index contributed by atoms with van der Waals surface area (Å²) in [6.07, 6.45) is 0. The van der Waals surface area contributed by atoms with E-state index in [1.165, 1.54) is 0 Å². The van der Waals surface area contributed by atoms with Crippen LogP contribution in [0.5, 0.6) is 0 Å². The van der Waals surface area contributed by atoms with Gasteiger partial charge in [-0.3, -0.25) is 8.74 Å². The first-order valence-corrected chi connectivity index (χ1v) is 2.46. The molecule has 0 aromatic heterocycles. The number of hydrogen-bond donors (Lipinski definition) is 1. The van der Waals surface area contributed by atoms with Crippen molar-refractivity contribution in [2.45, 2.75) is 0 Å². The molecule has 44 valence electrons. The van der Waals surface area contributed by atoms with Crippen molar-refractivity contribution < 1.29 is 17.2 Å². The second kappa shape index (κ2) is 3.64. The van der Waals surface area contributed by atoms with Gasteiger partial charge < -0.3 is 0 Å². The summed E-state index contributed by atoms with van der Waals surface area (Å²) in [6.45, 7) is 0. The van der Waals surface area contributed by atoms with E-state index in [2.05, 4.69) is 4.18 Å². The molecule has 0 saturated carbocycles. The molecule has 6 heteroatoms. The average Bonchev–Trinajstić information content (AvgIpc) is 1.35. The summed E-state index contributed by atoms with van der Waals surface area (Å²) >= 11 is 0. The fraction of sp³-hybridized carbons (Fsp3) is 1.00. The van der Waals surface area contributed by atoms with E-state index in [9.17, 15) is 8.42 Å². The van der Waals surface area contributed by atoms with Crippen molar-refractivity contribution in [2.75, 3.05) is 7.11 Å². The molecule has 7 heavy (non-hydrogen) atoms. The third-order valence-electron chi connectivity index (χ3n) is 0.211. The molecule has 0 aliphatic heterocycles. The van der Waals surface area contributed by atoms with Crippen LogP contribution in [0.3, 0.4) is 0 Å². The Morgan fingerprint density at radius 3 is 1.71 bits per heavy atom. The molecule has 0 unspecified atom stereocenters. The van der Waals surface area contributed by atoms with Crippen molar-refractivity contribution in [3.63, 3.8) is 0 Å². The third-order valence-corrected chi connectivity index (χ3v) is 0.632. The van der Waals surface area contributed by atoms with E-state index in [0.717, 1.165) is 7.11 Å².